The third-order valence-electron chi connectivity index (χ3n) is 3.88. The molecule has 1 aromatic rings. The summed E-state index contributed by atoms with van der Waals surface area (Å²) in [7, 11) is 3.21. The lowest BCUT2D eigenvalue weighted by Crippen LogP contribution is -2.42. The molecule has 1 amide bonds. The van der Waals surface area contributed by atoms with E-state index >= 15 is 0 Å². The predicted molar refractivity (Wildman–Crippen MR) is 83.0 cm³/mol. The van der Waals surface area contributed by atoms with Gasteiger partial charge in [0.2, 0.25) is 5.91 Å². The van der Waals surface area contributed by atoms with Gasteiger partial charge in [-0.15, -0.1) is 0 Å². The summed E-state index contributed by atoms with van der Waals surface area (Å²) in [6.07, 6.45) is 4.59. The first-order valence-corrected chi connectivity index (χ1v) is 7.43. The lowest BCUT2D eigenvalue weighted by molar-refractivity contribution is -0.122. The quantitative estimate of drug-likeness (QED) is 0.846. The summed E-state index contributed by atoms with van der Waals surface area (Å²) in [5.41, 5.74) is 0.785. The average Bonchev–Trinajstić information content (AvgIpc) is 3.00. The van der Waals surface area contributed by atoms with Crippen molar-refractivity contribution in [3.63, 3.8) is 0 Å². The Bertz CT molecular complexity index is 484. The van der Waals surface area contributed by atoms with Crippen LogP contribution in [0.4, 0.5) is 5.69 Å². The maximum absolute atomic E-state index is 12.2. The summed E-state index contributed by atoms with van der Waals surface area (Å²) in [4.78, 5) is 12.2. The van der Waals surface area contributed by atoms with Gasteiger partial charge in [0, 0.05) is 12.1 Å². The van der Waals surface area contributed by atoms with Gasteiger partial charge in [0.05, 0.1) is 19.9 Å². The Hall–Kier alpha value is -1.91. The van der Waals surface area contributed by atoms with Crippen molar-refractivity contribution in [3.05, 3.63) is 18.2 Å². The molecule has 5 heteroatoms. The zero-order valence-electron chi connectivity index (χ0n) is 12.9. The minimum Gasteiger partial charge on any atom is -0.497 e. The second kappa shape index (κ2) is 7.20. The largest absolute Gasteiger partial charge is 0.497 e. The highest BCUT2D eigenvalue weighted by Gasteiger charge is 2.21. The number of ether oxygens (including phenoxy) is 2. The number of amides is 1. The molecule has 5 nitrogen and oxygen atoms in total. The van der Waals surface area contributed by atoms with Gasteiger partial charge in [-0.1, -0.05) is 12.8 Å². The van der Waals surface area contributed by atoms with Crippen LogP contribution in [-0.2, 0) is 4.79 Å². The molecule has 0 heterocycles. The molecule has 0 aromatic heterocycles. The third-order valence-corrected chi connectivity index (χ3v) is 3.88. The van der Waals surface area contributed by atoms with Gasteiger partial charge in [0.15, 0.2) is 0 Å². The van der Waals surface area contributed by atoms with Gasteiger partial charge < -0.3 is 20.1 Å². The third kappa shape index (κ3) is 4.03. The number of carbonyl (C=O) groups is 1. The Morgan fingerprint density at radius 2 is 1.95 bits per heavy atom. The van der Waals surface area contributed by atoms with E-state index in [2.05, 4.69) is 10.6 Å². The number of rotatable bonds is 6. The van der Waals surface area contributed by atoms with E-state index < -0.39 is 0 Å². The van der Waals surface area contributed by atoms with Crippen molar-refractivity contribution >= 4 is 11.6 Å². The summed E-state index contributed by atoms with van der Waals surface area (Å²) in [6, 6.07) is 5.51. The van der Waals surface area contributed by atoms with E-state index in [1.165, 1.54) is 12.8 Å². The van der Waals surface area contributed by atoms with Gasteiger partial charge in [-0.25, -0.2) is 0 Å². The second-order valence-corrected chi connectivity index (χ2v) is 5.42. The van der Waals surface area contributed by atoms with Crippen molar-refractivity contribution in [1.82, 2.24) is 5.32 Å². The van der Waals surface area contributed by atoms with E-state index in [0.717, 1.165) is 24.3 Å². The zero-order valence-corrected chi connectivity index (χ0v) is 12.9. The number of hydrogen-bond donors (Lipinski definition) is 2. The van der Waals surface area contributed by atoms with E-state index in [-0.39, 0.29) is 11.9 Å². The molecule has 0 aliphatic heterocycles. The van der Waals surface area contributed by atoms with Crippen molar-refractivity contribution in [2.45, 2.75) is 44.7 Å². The molecule has 0 saturated heterocycles. The molecule has 0 spiro atoms. The van der Waals surface area contributed by atoms with Gasteiger partial charge in [-0.3, -0.25) is 4.79 Å². The van der Waals surface area contributed by atoms with Crippen molar-refractivity contribution in [3.8, 4) is 11.5 Å². The maximum atomic E-state index is 12.2. The minimum atomic E-state index is -0.312. The summed E-state index contributed by atoms with van der Waals surface area (Å²) in [5, 5.41) is 6.29. The van der Waals surface area contributed by atoms with Gasteiger partial charge in [-0.2, -0.15) is 0 Å². The van der Waals surface area contributed by atoms with Gasteiger partial charge in [0.25, 0.3) is 0 Å². The fourth-order valence-electron chi connectivity index (χ4n) is 2.61. The first kappa shape index (κ1) is 15.5. The molecule has 1 saturated carbocycles. The molecule has 2 rings (SSSR count). The Morgan fingerprint density at radius 1 is 1.24 bits per heavy atom. The van der Waals surface area contributed by atoms with Crippen LogP contribution in [0.3, 0.4) is 0 Å². The molecule has 0 bridgehead atoms. The lowest BCUT2D eigenvalue weighted by Gasteiger charge is -2.20. The molecule has 2 N–H and O–H groups in total. The highest BCUT2D eigenvalue weighted by atomic mass is 16.5. The minimum absolute atomic E-state index is 0.0276. The maximum Gasteiger partial charge on any atom is 0.242 e. The van der Waals surface area contributed by atoms with Gasteiger partial charge in [0.1, 0.15) is 17.5 Å². The fourth-order valence-corrected chi connectivity index (χ4v) is 2.61. The lowest BCUT2D eigenvalue weighted by atomic mass is 10.2. The van der Waals surface area contributed by atoms with Crippen LogP contribution >= 0.6 is 0 Å². The highest BCUT2D eigenvalue weighted by Crippen LogP contribution is 2.29. The van der Waals surface area contributed by atoms with Crippen LogP contribution in [0.25, 0.3) is 0 Å². The summed E-state index contributed by atoms with van der Waals surface area (Å²) in [5.74, 6) is 1.41. The van der Waals surface area contributed by atoms with Crippen LogP contribution in [0.15, 0.2) is 18.2 Å². The van der Waals surface area contributed by atoms with Crippen molar-refractivity contribution in [1.29, 1.82) is 0 Å². The standard InChI is InChI=1S/C16H24N2O3/c1-11(16(19)18-12-6-4-5-7-12)17-14-9-8-13(20-2)10-15(14)21-3/h8-12,17H,4-7H2,1-3H3,(H,18,19). The molecule has 1 aliphatic rings. The van der Waals surface area contributed by atoms with E-state index in [1.807, 2.05) is 19.1 Å². The highest BCUT2D eigenvalue weighted by molar-refractivity contribution is 5.85. The Balaban J connectivity index is 1.97. The molecule has 1 atom stereocenters. The van der Waals surface area contributed by atoms with Gasteiger partial charge in [-0.05, 0) is 31.9 Å². The second-order valence-electron chi connectivity index (χ2n) is 5.42. The molecule has 1 fully saturated rings. The first-order chi connectivity index (χ1) is 10.1. The predicted octanol–water partition coefficient (Wildman–Crippen LogP) is 2.56. The topological polar surface area (TPSA) is 59.6 Å². The monoisotopic (exact) mass is 292 g/mol. The molecule has 0 radical (unpaired) electrons. The number of carbonyl (C=O) groups excluding carboxylic acids is 1. The number of anilines is 1. The summed E-state index contributed by atoms with van der Waals surface area (Å²) >= 11 is 0. The van der Waals surface area contributed by atoms with Crippen molar-refractivity contribution in [2.75, 3.05) is 19.5 Å². The van der Waals surface area contributed by atoms with Crippen LogP contribution in [0.2, 0.25) is 0 Å². The molecular formula is C16H24N2O3. The first-order valence-electron chi connectivity index (χ1n) is 7.43. The van der Waals surface area contributed by atoms with Crippen LogP contribution in [0.5, 0.6) is 11.5 Å². The summed E-state index contributed by atoms with van der Waals surface area (Å²) in [6.45, 7) is 1.86. The smallest absolute Gasteiger partial charge is 0.242 e. The Labute approximate surface area is 126 Å². The molecule has 1 unspecified atom stereocenters. The van der Waals surface area contributed by atoms with E-state index in [9.17, 15) is 4.79 Å². The van der Waals surface area contributed by atoms with Crippen LogP contribution in [0, 0.1) is 0 Å². The van der Waals surface area contributed by atoms with Gasteiger partial charge >= 0.3 is 0 Å². The molecular weight excluding hydrogens is 268 g/mol. The fraction of sp³-hybridized carbons (Fsp3) is 0.562. The number of methoxy groups -OCH3 is 2. The van der Waals surface area contributed by atoms with E-state index in [4.69, 9.17) is 9.47 Å². The van der Waals surface area contributed by atoms with Crippen LogP contribution < -0.4 is 20.1 Å². The number of hydrogen-bond acceptors (Lipinski definition) is 4. The van der Waals surface area contributed by atoms with Crippen molar-refractivity contribution in [2.24, 2.45) is 0 Å². The number of benzene rings is 1. The molecule has 1 aliphatic carbocycles. The Morgan fingerprint density at radius 3 is 2.57 bits per heavy atom. The zero-order chi connectivity index (χ0) is 15.2. The number of nitrogens with one attached hydrogen (secondary N) is 2. The SMILES string of the molecule is COc1ccc(NC(C)C(=O)NC2CCCC2)c(OC)c1. The Kier molecular flexibility index (Phi) is 5.31. The molecule has 21 heavy (non-hydrogen) atoms. The van der Waals surface area contributed by atoms with E-state index in [0.29, 0.717) is 11.8 Å². The molecule has 1 aromatic carbocycles. The summed E-state index contributed by atoms with van der Waals surface area (Å²) < 4.78 is 10.5. The van der Waals surface area contributed by atoms with Crippen LogP contribution in [-0.4, -0.2) is 32.2 Å². The van der Waals surface area contributed by atoms with Crippen LogP contribution in [0.1, 0.15) is 32.6 Å². The van der Waals surface area contributed by atoms with Crippen molar-refractivity contribution < 1.29 is 14.3 Å². The normalized spacial score (nSPS) is 16.3. The van der Waals surface area contributed by atoms with E-state index in [1.54, 1.807) is 20.3 Å². The molecule has 116 valence electrons. The average molecular weight is 292 g/mol.